The molecule has 1 fully saturated rings. The van der Waals surface area contributed by atoms with Gasteiger partial charge in [-0.25, -0.2) is 9.78 Å². The summed E-state index contributed by atoms with van der Waals surface area (Å²) >= 11 is 1.31. The number of carbonyl (C=O) groups is 1. The highest BCUT2D eigenvalue weighted by atomic mass is 32.1. The number of methoxy groups -OCH3 is 1. The Balaban J connectivity index is 2.16. The van der Waals surface area contributed by atoms with Crippen LogP contribution in [0.2, 0.25) is 0 Å². The molecule has 1 saturated carbocycles. The summed E-state index contributed by atoms with van der Waals surface area (Å²) in [6.45, 7) is 2.02. The third-order valence-corrected chi connectivity index (χ3v) is 3.75. The van der Waals surface area contributed by atoms with Gasteiger partial charge < -0.3 is 9.84 Å². The summed E-state index contributed by atoms with van der Waals surface area (Å²) in [7, 11) is 1.32. The smallest absolute Gasteiger partial charge is 0.357 e. The fourth-order valence-electron chi connectivity index (χ4n) is 1.38. The summed E-state index contributed by atoms with van der Waals surface area (Å²) < 4.78 is 4.55. The van der Waals surface area contributed by atoms with Gasteiger partial charge in [0, 0.05) is 10.8 Å². The zero-order chi connectivity index (χ0) is 11.1. The minimum atomic E-state index is -0.555. The van der Waals surface area contributed by atoms with E-state index in [4.69, 9.17) is 0 Å². The molecule has 1 aromatic heterocycles. The van der Waals surface area contributed by atoms with Gasteiger partial charge in [-0.15, -0.1) is 11.3 Å². The number of nitrogens with zero attached hydrogens (tertiary/aromatic N) is 1. The molecule has 1 aliphatic carbocycles. The molecule has 1 N–H and O–H groups in total. The van der Waals surface area contributed by atoms with Gasteiger partial charge in [0.15, 0.2) is 5.69 Å². The predicted molar refractivity (Wildman–Crippen MR) is 55.8 cm³/mol. The Morgan fingerprint density at radius 2 is 2.40 bits per heavy atom. The van der Waals surface area contributed by atoms with Crippen LogP contribution in [0.25, 0.3) is 0 Å². The van der Waals surface area contributed by atoms with Crippen molar-refractivity contribution in [2.75, 3.05) is 7.11 Å². The lowest BCUT2D eigenvalue weighted by molar-refractivity contribution is 0.0592. The predicted octanol–water partition coefficient (Wildman–Crippen LogP) is 1.76. The first-order chi connectivity index (χ1) is 7.07. The van der Waals surface area contributed by atoms with Gasteiger partial charge in [0.1, 0.15) is 11.1 Å². The van der Waals surface area contributed by atoms with Crippen LogP contribution in [0.5, 0.6) is 0 Å². The van der Waals surface area contributed by atoms with E-state index in [1.54, 1.807) is 5.38 Å². The Bertz CT molecular complexity index is 384. The van der Waals surface area contributed by atoms with Gasteiger partial charge in [0.2, 0.25) is 0 Å². The second-order valence-electron chi connectivity index (χ2n) is 4.12. The number of rotatable bonds is 3. The zero-order valence-electron chi connectivity index (χ0n) is 8.69. The Morgan fingerprint density at radius 3 is 2.93 bits per heavy atom. The minimum absolute atomic E-state index is 0.0365. The highest BCUT2D eigenvalue weighted by Crippen LogP contribution is 2.54. The minimum Gasteiger partial charge on any atom is -0.464 e. The largest absolute Gasteiger partial charge is 0.464 e. The standard InChI is InChI=1S/C10H13NO3S/c1-10(3-4-10)7(12)8-11-6(5-15-8)9(13)14-2/h5,7,12H,3-4H2,1-2H3. The quantitative estimate of drug-likeness (QED) is 0.799. The Labute approximate surface area is 91.9 Å². The van der Waals surface area contributed by atoms with Gasteiger partial charge in [-0.3, -0.25) is 0 Å². The fourth-order valence-corrected chi connectivity index (χ4v) is 2.33. The number of ether oxygens (including phenoxy) is 1. The maximum Gasteiger partial charge on any atom is 0.357 e. The first-order valence-electron chi connectivity index (χ1n) is 4.78. The van der Waals surface area contributed by atoms with E-state index in [0.717, 1.165) is 12.8 Å². The van der Waals surface area contributed by atoms with E-state index < -0.39 is 12.1 Å². The van der Waals surface area contributed by atoms with Crippen molar-refractivity contribution >= 4 is 17.3 Å². The van der Waals surface area contributed by atoms with E-state index in [1.807, 2.05) is 6.92 Å². The molecular weight excluding hydrogens is 214 g/mol. The summed E-state index contributed by atoms with van der Waals surface area (Å²) in [6, 6.07) is 0. The molecule has 0 aromatic carbocycles. The van der Waals surface area contributed by atoms with Crippen molar-refractivity contribution < 1.29 is 14.6 Å². The lowest BCUT2D eigenvalue weighted by Crippen LogP contribution is -2.10. The number of aliphatic hydroxyl groups is 1. The molecule has 1 aromatic rings. The van der Waals surface area contributed by atoms with Crippen LogP contribution in [-0.4, -0.2) is 23.2 Å². The molecule has 1 unspecified atom stereocenters. The number of carbonyl (C=O) groups excluding carboxylic acids is 1. The molecule has 0 saturated heterocycles. The zero-order valence-corrected chi connectivity index (χ0v) is 9.50. The normalized spacial score (nSPS) is 19.7. The molecule has 1 atom stereocenters. The van der Waals surface area contributed by atoms with E-state index in [0.29, 0.717) is 5.01 Å². The maximum absolute atomic E-state index is 11.2. The molecule has 5 heteroatoms. The number of esters is 1. The van der Waals surface area contributed by atoms with Gasteiger partial charge in [-0.1, -0.05) is 6.92 Å². The molecular formula is C10H13NO3S. The van der Waals surface area contributed by atoms with Gasteiger partial charge in [0.25, 0.3) is 0 Å². The molecule has 0 aliphatic heterocycles. The Hall–Kier alpha value is -0.940. The van der Waals surface area contributed by atoms with Crippen molar-refractivity contribution in [1.29, 1.82) is 0 Å². The van der Waals surface area contributed by atoms with E-state index in [-0.39, 0.29) is 11.1 Å². The molecule has 15 heavy (non-hydrogen) atoms. The van der Waals surface area contributed by atoms with Crippen molar-refractivity contribution in [3.63, 3.8) is 0 Å². The van der Waals surface area contributed by atoms with Gasteiger partial charge in [0.05, 0.1) is 7.11 Å². The molecule has 1 aliphatic rings. The van der Waals surface area contributed by atoms with Crippen molar-refractivity contribution in [3.8, 4) is 0 Å². The summed E-state index contributed by atoms with van der Waals surface area (Å²) in [5.74, 6) is -0.453. The third kappa shape index (κ3) is 1.89. The lowest BCUT2D eigenvalue weighted by atomic mass is 10.0. The molecule has 0 radical (unpaired) electrons. The van der Waals surface area contributed by atoms with Crippen molar-refractivity contribution in [2.45, 2.75) is 25.9 Å². The molecule has 4 nitrogen and oxygen atoms in total. The van der Waals surface area contributed by atoms with Gasteiger partial charge >= 0.3 is 5.97 Å². The molecule has 1 heterocycles. The second-order valence-corrected chi connectivity index (χ2v) is 5.01. The number of hydrogen-bond donors (Lipinski definition) is 1. The summed E-state index contributed by atoms with van der Waals surface area (Å²) in [4.78, 5) is 15.2. The van der Waals surface area contributed by atoms with Crippen LogP contribution in [0.15, 0.2) is 5.38 Å². The Morgan fingerprint density at radius 1 is 1.73 bits per heavy atom. The Kier molecular flexibility index (Phi) is 2.52. The van der Waals surface area contributed by atoms with Crippen LogP contribution in [0, 0.1) is 5.41 Å². The van der Waals surface area contributed by atoms with Crippen LogP contribution < -0.4 is 0 Å². The lowest BCUT2D eigenvalue weighted by Gasteiger charge is -2.13. The summed E-state index contributed by atoms with van der Waals surface area (Å²) in [5.41, 5.74) is 0.242. The number of aromatic nitrogens is 1. The first-order valence-corrected chi connectivity index (χ1v) is 5.66. The van der Waals surface area contributed by atoms with Crippen LogP contribution in [0.3, 0.4) is 0 Å². The maximum atomic E-state index is 11.2. The second kappa shape index (κ2) is 3.57. The third-order valence-electron chi connectivity index (χ3n) is 2.85. The molecule has 0 spiro atoms. The van der Waals surface area contributed by atoms with Crippen LogP contribution >= 0.6 is 11.3 Å². The molecule has 0 amide bonds. The summed E-state index contributed by atoms with van der Waals surface area (Å²) in [5, 5.41) is 12.2. The van der Waals surface area contributed by atoms with Gasteiger partial charge in [-0.2, -0.15) is 0 Å². The van der Waals surface area contributed by atoms with E-state index in [1.165, 1.54) is 18.4 Å². The number of aliphatic hydroxyl groups excluding tert-OH is 1. The average Bonchev–Trinajstić information content (AvgIpc) is 2.83. The first kappa shape index (κ1) is 10.6. The summed E-state index contributed by atoms with van der Waals surface area (Å²) in [6.07, 6.45) is 1.48. The van der Waals surface area contributed by atoms with Gasteiger partial charge in [-0.05, 0) is 12.8 Å². The number of hydrogen-bond acceptors (Lipinski definition) is 5. The monoisotopic (exact) mass is 227 g/mol. The van der Waals surface area contributed by atoms with Crippen LogP contribution in [0.1, 0.15) is 41.4 Å². The van der Waals surface area contributed by atoms with Crippen molar-refractivity contribution in [2.24, 2.45) is 5.41 Å². The van der Waals surface area contributed by atoms with Crippen molar-refractivity contribution in [1.82, 2.24) is 4.98 Å². The van der Waals surface area contributed by atoms with Crippen molar-refractivity contribution in [3.05, 3.63) is 16.1 Å². The average molecular weight is 227 g/mol. The molecule has 82 valence electrons. The fraction of sp³-hybridized carbons (Fsp3) is 0.600. The molecule has 2 rings (SSSR count). The van der Waals surface area contributed by atoms with E-state index >= 15 is 0 Å². The highest BCUT2D eigenvalue weighted by Gasteiger charge is 2.46. The number of thiazole rings is 1. The topological polar surface area (TPSA) is 59.4 Å². The SMILES string of the molecule is COC(=O)c1csc(C(O)C2(C)CC2)n1. The van der Waals surface area contributed by atoms with E-state index in [2.05, 4.69) is 9.72 Å². The highest BCUT2D eigenvalue weighted by molar-refractivity contribution is 7.09. The molecule has 0 bridgehead atoms. The van der Waals surface area contributed by atoms with Crippen LogP contribution in [-0.2, 0) is 4.74 Å². The van der Waals surface area contributed by atoms with E-state index in [9.17, 15) is 9.90 Å². The van der Waals surface area contributed by atoms with Crippen LogP contribution in [0.4, 0.5) is 0 Å².